The molecule has 5 aliphatic rings. The van der Waals surface area contributed by atoms with Gasteiger partial charge >= 0.3 is 23.8 Å². The van der Waals surface area contributed by atoms with E-state index in [-0.39, 0.29) is 30.4 Å². The number of nitrogens with one attached hydrogen (secondary N) is 2. The number of hydrogen-bond donors (Lipinski definition) is 2. The van der Waals surface area contributed by atoms with Crippen LogP contribution in [0.25, 0.3) is 11.1 Å². The molecule has 0 saturated carbocycles. The summed E-state index contributed by atoms with van der Waals surface area (Å²) in [5, 5.41) is 3.05. The minimum atomic E-state index is -1.08. The van der Waals surface area contributed by atoms with E-state index in [2.05, 4.69) is 25.0 Å². The Balaban J connectivity index is 0.815. The van der Waals surface area contributed by atoms with Crippen molar-refractivity contribution in [3.8, 4) is 0 Å². The van der Waals surface area contributed by atoms with Crippen LogP contribution in [0, 0.1) is 6.92 Å². The van der Waals surface area contributed by atoms with Gasteiger partial charge in [-0.3, -0.25) is 24.4 Å². The fourth-order valence-corrected chi connectivity index (χ4v) is 9.74. The van der Waals surface area contributed by atoms with Crippen molar-refractivity contribution in [2.24, 2.45) is 0 Å². The smallest absolute Gasteiger partial charge is 0.417 e. The number of likely N-dealkylation sites (tertiary alicyclic amines) is 2. The minimum Gasteiger partial charge on any atom is -0.466 e. The third-order valence-corrected chi connectivity index (χ3v) is 13.4. The molecule has 2 aromatic carbocycles. The molecule has 4 fully saturated rings. The Labute approximate surface area is 362 Å². The Morgan fingerprint density at radius 2 is 1.55 bits per heavy atom. The number of rotatable bonds is 13. The van der Waals surface area contributed by atoms with Gasteiger partial charge in [-0.25, -0.2) is 14.4 Å². The summed E-state index contributed by atoms with van der Waals surface area (Å²) in [6.07, 6.45) is 3.67. The molecule has 8 rings (SSSR count). The van der Waals surface area contributed by atoms with E-state index in [0.717, 1.165) is 107 Å². The number of aryl methyl sites for hydroxylation is 1. The Kier molecular flexibility index (Phi) is 14.4. The van der Waals surface area contributed by atoms with Gasteiger partial charge in [0.15, 0.2) is 11.7 Å². The summed E-state index contributed by atoms with van der Waals surface area (Å²) in [6.45, 7) is 13.0. The number of carbonyl (C=O) groups is 4. The van der Waals surface area contributed by atoms with Crippen molar-refractivity contribution in [3.05, 3.63) is 63.6 Å². The highest BCUT2D eigenvalue weighted by Crippen LogP contribution is 2.26. The number of nitrogens with zero attached hydrogens (tertiary/aromatic N) is 6. The van der Waals surface area contributed by atoms with Crippen LogP contribution in [-0.4, -0.2) is 181 Å². The molecule has 0 spiro atoms. The Bertz CT molecular complexity index is 2080. The molecule has 3 aromatic rings. The molecule has 0 radical (unpaired) electrons. The van der Waals surface area contributed by atoms with Gasteiger partial charge in [0.25, 0.3) is 5.91 Å². The monoisotopic (exact) mass is 858 g/mol. The molecular weight excluding hydrogens is 797 g/mol. The second-order valence-electron chi connectivity index (χ2n) is 17.3. The second kappa shape index (κ2) is 20.5. The molecule has 4 saturated heterocycles. The highest BCUT2D eigenvalue weighted by molar-refractivity contribution is 5.91. The highest BCUT2D eigenvalue weighted by Gasteiger charge is 2.37. The van der Waals surface area contributed by atoms with E-state index in [1.807, 2.05) is 42.2 Å². The van der Waals surface area contributed by atoms with Gasteiger partial charge < -0.3 is 43.5 Å². The van der Waals surface area contributed by atoms with E-state index in [9.17, 15) is 24.0 Å². The van der Waals surface area contributed by atoms with E-state index >= 15 is 0 Å². The van der Waals surface area contributed by atoms with Gasteiger partial charge in [-0.15, -0.1) is 0 Å². The number of piperazine rings is 1. The van der Waals surface area contributed by atoms with Gasteiger partial charge in [0.1, 0.15) is 0 Å². The average molecular weight is 859 g/mol. The lowest BCUT2D eigenvalue weighted by molar-refractivity contribution is -0.145. The van der Waals surface area contributed by atoms with Crippen LogP contribution in [0.1, 0.15) is 55.2 Å². The standard InChI is InChI=1S/C45H62N8O9/c1-32-29-33(30-38-41(32)47-44(57)61-38)31-39(62-45(58)52-17-10-36(11-18-52)53-19-7-34-5-2-3-6-37(34)46-43(53)56)42(55)51-22-20-50(21-23-51)35-8-14-49(15-9-35)16-12-40(54)60-26-4-13-48-24-27-59-28-25-48/h2-3,5-6,29-30,35-36,39H,4,7-28,31H2,1H3,(H,46,56)(H,47,57)/t39-/m1/s1. The summed E-state index contributed by atoms with van der Waals surface area (Å²) in [4.78, 5) is 81.0. The van der Waals surface area contributed by atoms with E-state index in [0.29, 0.717) is 82.3 Å². The molecule has 1 atom stereocenters. The fraction of sp³-hybridized carbons (Fsp3) is 0.622. The zero-order valence-electron chi connectivity index (χ0n) is 36.0. The molecule has 1 aromatic heterocycles. The molecule has 62 heavy (non-hydrogen) atoms. The van der Waals surface area contributed by atoms with Gasteiger partial charge in [-0.05, 0) is 87.4 Å². The van der Waals surface area contributed by atoms with Crippen molar-refractivity contribution < 1.29 is 37.8 Å². The van der Waals surface area contributed by atoms with Crippen molar-refractivity contribution in [1.29, 1.82) is 0 Å². The fourth-order valence-electron chi connectivity index (χ4n) is 9.74. The van der Waals surface area contributed by atoms with Gasteiger partial charge in [0.2, 0.25) is 0 Å². The van der Waals surface area contributed by atoms with Crippen molar-refractivity contribution in [1.82, 2.24) is 34.4 Å². The number of anilines is 1. The number of H-pyrrole nitrogens is 1. The third-order valence-electron chi connectivity index (χ3n) is 13.4. The molecule has 17 nitrogen and oxygen atoms in total. The van der Waals surface area contributed by atoms with Crippen LogP contribution in [0.3, 0.4) is 0 Å². The molecule has 17 heteroatoms. The molecule has 4 amide bonds. The first-order chi connectivity index (χ1) is 30.2. The third kappa shape index (κ3) is 11.0. The van der Waals surface area contributed by atoms with Gasteiger partial charge in [-0.2, -0.15) is 0 Å². The summed E-state index contributed by atoms with van der Waals surface area (Å²) >= 11 is 0. The normalized spacial score (nSPS) is 20.7. The Hall–Kier alpha value is -4.97. The van der Waals surface area contributed by atoms with Crippen molar-refractivity contribution >= 4 is 40.8 Å². The largest absolute Gasteiger partial charge is 0.466 e. The summed E-state index contributed by atoms with van der Waals surface area (Å²) in [7, 11) is 0. The lowest BCUT2D eigenvalue weighted by Crippen LogP contribution is -2.56. The number of amides is 4. The maximum atomic E-state index is 14.3. The number of hydrogen-bond acceptors (Lipinski definition) is 12. The average Bonchev–Trinajstić information content (AvgIpc) is 3.59. The first-order valence-corrected chi connectivity index (χ1v) is 22.6. The maximum Gasteiger partial charge on any atom is 0.417 e. The lowest BCUT2D eigenvalue weighted by Gasteiger charge is -2.43. The van der Waals surface area contributed by atoms with Crippen LogP contribution < -0.4 is 11.1 Å². The topological polar surface area (TPSA) is 173 Å². The molecule has 0 aliphatic carbocycles. The number of oxazole rings is 1. The zero-order chi connectivity index (χ0) is 43.0. The summed E-state index contributed by atoms with van der Waals surface area (Å²) in [5.74, 6) is -0.940. The first kappa shape index (κ1) is 43.7. The SMILES string of the molecule is Cc1cc(C[C@@H](OC(=O)N2CCC(N3CCc4ccccc4NC3=O)CC2)C(=O)N2CCN(C3CCN(CCC(=O)OCCCN4CCOCC4)CC3)CC2)cc2oc(=O)[nH]c12. The highest BCUT2D eigenvalue weighted by atomic mass is 16.6. The number of para-hydroxylation sites is 1. The van der Waals surface area contributed by atoms with Crippen molar-refractivity contribution in [2.75, 3.05) is 110 Å². The first-order valence-electron chi connectivity index (χ1n) is 22.6. The molecule has 336 valence electrons. The van der Waals surface area contributed by atoms with E-state index in [4.69, 9.17) is 18.6 Å². The number of urea groups is 1. The molecule has 0 unspecified atom stereocenters. The summed E-state index contributed by atoms with van der Waals surface area (Å²) < 4.78 is 22.4. The molecule has 0 bridgehead atoms. The Morgan fingerprint density at radius 1 is 0.823 bits per heavy atom. The molecular formula is C45H62N8O9. The number of benzene rings is 2. The van der Waals surface area contributed by atoms with Crippen molar-refractivity contribution in [3.63, 3.8) is 0 Å². The lowest BCUT2D eigenvalue weighted by atomic mass is 10.0. The molecule has 5 aliphatic heterocycles. The predicted molar refractivity (Wildman–Crippen MR) is 231 cm³/mol. The molecule has 6 heterocycles. The van der Waals surface area contributed by atoms with Crippen LogP contribution in [0.15, 0.2) is 45.6 Å². The van der Waals surface area contributed by atoms with Crippen LogP contribution in [0.5, 0.6) is 0 Å². The minimum absolute atomic E-state index is 0.0233. The molecule has 2 N–H and O–H groups in total. The van der Waals surface area contributed by atoms with Crippen LogP contribution in [-0.2, 0) is 36.6 Å². The van der Waals surface area contributed by atoms with Crippen LogP contribution in [0.2, 0.25) is 0 Å². The van der Waals surface area contributed by atoms with Gasteiger partial charge in [-0.1, -0.05) is 24.3 Å². The number of esters is 1. The quantitative estimate of drug-likeness (QED) is 0.190. The zero-order valence-corrected chi connectivity index (χ0v) is 36.0. The van der Waals surface area contributed by atoms with E-state index in [1.165, 1.54) is 0 Å². The number of piperidine rings is 2. The Morgan fingerprint density at radius 3 is 2.32 bits per heavy atom. The maximum absolute atomic E-state index is 14.3. The summed E-state index contributed by atoms with van der Waals surface area (Å²) in [6, 6.07) is 11.7. The van der Waals surface area contributed by atoms with Crippen LogP contribution in [0.4, 0.5) is 15.3 Å². The van der Waals surface area contributed by atoms with Gasteiger partial charge in [0.05, 0.1) is 31.8 Å². The number of ether oxygens (including phenoxy) is 3. The van der Waals surface area contributed by atoms with E-state index in [1.54, 1.807) is 15.9 Å². The predicted octanol–water partition coefficient (Wildman–Crippen LogP) is 3.30. The van der Waals surface area contributed by atoms with E-state index < -0.39 is 18.0 Å². The number of aromatic nitrogens is 1. The number of carbonyl (C=O) groups excluding carboxylic acids is 4. The van der Waals surface area contributed by atoms with Gasteiger partial charge in [0, 0.05) is 96.2 Å². The van der Waals surface area contributed by atoms with Crippen molar-refractivity contribution in [2.45, 2.75) is 76.5 Å². The number of fused-ring (bicyclic) bond motifs is 2. The van der Waals surface area contributed by atoms with Crippen LogP contribution >= 0.6 is 0 Å². The number of morpholine rings is 1. The summed E-state index contributed by atoms with van der Waals surface area (Å²) in [5.41, 5.74) is 4.44. The second-order valence-corrected chi connectivity index (χ2v) is 17.3. The number of aromatic amines is 1.